The molecular weight excluding hydrogens is 226 g/mol. The maximum absolute atomic E-state index is 11.5. The normalized spacial score (nSPS) is 11.8. The van der Waals surface area contributed by atoms with Gasteiger partial charge in [0, 0.05) is 12.4 Å². The molecule has 0 fully saturated rings. The molecule has 7 nitrogen and oxygen atoms in total. The van der Waals surface area contributed by atoms with Gasteiger partial charge in [-0.2, -0.15) is 0 Å². The summed E-state index contributed by atoms with van der Waals surface area (Å²) in [6.07, 6.45) is 3.02. The molecule has 1 atom stereocenters. The summed E-state index contributed by atoms with van der Waals surface area (Å²) in [6, 6.07) is 0.582. The quantitative estimate of drug-likeness (QED) is 0.702. The van der Waals surface area contributed by atoms with Gasteiger partial charge in [-0.3, -0.25) is 9.36 Å². The van der Waals surface area contributed by atoms with Gasteiger partial charge in [0.25, 0.3) is 0 Å². The minimum absolute atomic E-state index is 0.240. The van der Waals surface area contributed by atoms with Gasteiger partial charge in [-0.15, -0.1) is 0 Å². The molecule has 0 unspecified atom stereocenters. The lowest BCUT2D eigenvalue weighted by Crippen LogP contribution is -2.43. The fourth-order valence-corrected chi connectivity index (χ4v) is 1.24. The summed E-state index contributed by atoms with van der Waals surface area (Å²) >= 11 is 0. The second-order valence-corrected chi connectivity index (χ2v) is 3.40. The van der Waals surface area contributed by atoms with Gasteiger partial charge in [0.1, 0.15) is 12.6 Å². The second kappa shape index (κ2) is 5.78. The molecule has 0 saturated heterocycles. The zero-order valence-corrected chi connectivity index (χ0v) is 9.29. The molecule has 0 bridgehead atoms. The van der Waals surface area contributed by atoms with E-state index in [0.717, 1.165) is 4.57 Å². The first-order chi connectivity index (χ1) is 8.04. The highest BCUT2D eigenvalue weighted by molar-refractivity contribution is 5.83. The number of aromatic nitrogens is 2. The number of rotatable bonds is 5. The Kier molecular flexibility index (Phi) is 4.38. The maximum Gasteiger partial charge on any atom is 0.347 e. The Balaban J connectivity index is 2.65. The van der Waals surface area contributed by atoms with E-state index in [0.29, 0.717) is 0 Å². The third-order valence-corrected chi connectivity index (χ3v) is 2.14. The van der Waals surface area contributed by atoms with Crippen molar-refractivity contribution in [3.8, 4) is 0 Å². The van der Waals surface area contributed by atoms with Gasteiger partial charge >= 0.3 is 11.7 Å². The molecule has 0 aliphatic heterocycles. The van der Waals surface area contributed by atoms with E-state index in [9.17, 15) is 14.4 Å². The summed E-state index contributed by atoms with van der Waals surface area (Å²) in [5, 5.41) is 11.1. The average Bonchev–Trinajstić information content (AvgIpc) is 2.28. The number of hydrogen-bond acceptors (Lipinski definition) is 4. The fraction of sp³-hybridized carbons (Fsp3) is 0.400. The van der Waals surface area contributed by atoms with Crippen LogP contribution in [0.2, 0.25) is 0 Å². The molecule has 17 heavy (non-hydrogen) atoms. The van der Waals surface area contributed by atoms with Crippen molar-refractivity contribution in [3.63, 3.8) is 0 Å². The van der Waals surface area contributed by atoms with Crippen molar-refractivity contribution in [2.75, 3.05) is 0 Å². The van der Waals surface area contributed by atoms with Crippen molar-refractivity contribution in [1.82, 2.24) is 14.9 Å². The average molecular weight is 239 g/mol. The van der Waals surface area contributed by atoms with E-state index in [1.807, 2.05) is 0 Å². The molecule has 7 heteroatoms. The van der Waals surface area contributed by atoms with Gasteiger partial charge in [-0.1, -0.05) is 6.92 Å². The van der Waals surface area contributed by atoms with Crippen molar-refractivity contribution in [3.05, 3.63) is 28.9 Å². The van der Waals surface area contributed by atoms with Crippen LogP contribution in [0, 0.1) is 0 Å². The molecule has 1 aromatic heterocycles. The lowest BCUT2D eigenvalue weighted by molar-refractivity contribution is -0.142. The Morgan fingerprint density at radius 3 is 2.82 bits per heavy atom. The molecule has 0 radical (unpaired) electrons. The predicted octanol–water partition coefficient (Wildman–Crippen LogP) is -0.777. The minimum atomic E-state index is -1.10. The highest BCUT2D eigenvalue weighted by atomic mass is 16.4. The van der Waals surface area contributed by atoms with Crippen molar-refractivity contribution < 1.29 is 14.7 Å². The number of carboxylic acid groups (broad SMARTS) is 1. The molecule has 0 aliphatic carbocycles. The van der Waals surface area contributed by atoms with E-state index in [1.165, 1.54) is 18.5 Å². The number of carbonyl (C=O) groups is 2. The van der Waals surface area contributed by atoms with Crippen LogP contribution in [-0.4, -0.2) is 32.6 Å². The first-order valence-electron chi connectivity index (χ1n) is 5.08. The number of carbonyl (C=O) groups excluding carboxylic acids is 1. The van der Waals surface area contributed by atoms with Crippen molar-refractivity contribution >= 4 is 11.9 Å². The molecule has 0 saturated carbocycles. The highest BCUT2D eigenvalue weighted by Crippen LogP contribution is 1.91. The molecule has 0 aliphatic rings. The predicted molar refractivity (Wildman–Crippen MR) is 58.4 cm³/mol. The number of carboxylic acids is 1. The molecule has 92 valence electrons. The number of nitrogens with one attached hydrogen (secondary N) is 1. The van der Waals surface area contributed by atoms with E-state index in [2.05, 4.69) is 10.3 Å². The Morgan fingerprint density at radius 2 is 2.29 bits per heavy atom. The van der Waals surface area contributed by atoms with Crippen LogP contribution in [0.25, 0.3) is 0 Å². The molecule has 1 heterocycles. The van der Waals surface area contributed by atoms with Crippen LogP contribution in [0.15, 0.2) is 23.3 Å². The van der Waals surface area contributed by atoms with Gasteiger partial charge in [0.15, 0.2) is 0 Å². The van der Waals surface area contributed by atoms with Gasteiger partial charge < -0.3 is 10.4 Å². The summed E-state index contributed by atoms with van der Waals surface area (Å²) in [5.41, 5.74) is -0.550. The molecule has 1 amide bonds. The van der Waals surface area contributed by atoms with E-state index < -0.39 is 23.6 Å². The van der Waals surface area contributed by atoms with Crippen LogP contribution in [0.5, 0.6) is 0 Å². The summed E-state index contributed by atoms with van der Waals surface area (Å²) in [4.78, 5) is 36.8. The van der Waals surface area contributed by atoms with Crippen molar-refractivity contribution in [2.24, 2.45) is 0 Å². The molecule has 2 N–H and O–H groups in total. The van der Waals surface area contributed by atoms with E-state index in [1.54, 1.807) is 6.92 Å². The Bertz CT molecular complexity index is 469. The molecule has 0 spiro atoms. The van der Waals surface area contributed by atoms with Crippen molar-refractivity contribution in [1.29, 1.82) is 0 Å². The number of hydrogen-bond donors (Lipinski definition) is 2. The third kappa shape index (κ3) is 3.71. The zero-order valence-electron chi connectivity index (χ0n) is 9.29. The van der Waals surface area contributed by atoms with Crippen LogP contribution >= 0.6 is 0 Å². The van der Waals surface area contributed by atoms with E-state index in [-0.39, 0.29) is 13.0 Å². The first kappa shape index (κ1) is 12.9. The van der Waals surface area contributed by atoms with Gasteiger partial charge in [0.05, 0.1) is 0 Å². The maximum atomic E-state index is 11.5. The lowest BCUT2D eigenvalue weighted by Gasteiger charge is -2.12. The molecule has 1 aromatic rings. The van der Waals surface area contributed by atoms with Crippen LogP contribution in [0.3, 0.4) is 0 Å². The fourth-order valence-electron chi connectivity index (χ4n) is 1.24. The largest absolute Gasteiger partial charge is 0.480 e. The summed E-state index contributed by atoms with van der Waals surface area (Å²) < 4.78 is 1.10. The monoisotopic (exact) mass is 239 g/mol. The Labute approximate surface area is 97.1 Å². The van der Waals surface area contributed by atoms with E-state index >= 15 is 0 Å². The third-order valence-electron chi connectivity index (χ3n) is 2.14. The first-order valence-corrected chi connectivity index (χ1v) is 5.08. The van der Waals surface area contributed by atoms with Gasteiger partial charge in [-0.25, -0.2) is 14.6 Å². The lowest BCUT2D eigenvalue weighted by atomic mass is 10.2. The standard InChI is InChI=1S/C10H13N3O4/c1-2-7(9(15)16)12-8(14)6-13-5-3-4-11-10(13)17/h3-5,7H,2,6H2,1H3,(H,12,14)(H,15,16)/t7-/m0/s1. The number of amides is 1. The summed E-state index contributed by atoms with van der Waals surface area (Å²) in [7, 11) is 0. The SMILES string of the molecule is CC[C@H](NC(=O)Cn1cccnc1=O)C(=O)O. The zero-order chi connectivity index (χ0) is 12.8. The Morgan fingerprint density at radius 1 is 1.59 bits per heavy atom. The topological polar surface area (TPSA) is 101 Å². The molecule has 1 rings (SSSR count). The molecular formula is C10H13N3O4. The van der Waals surface area contributed by atoms with Gasteiger partial charge in [0.2, 0.25) is 5.91 Å². The van der Waals surface area contributed by atoms with Crippen LogP contribution in [0.4, 0.5) is 0 Å². The van der Waals surface area contributed by atoms with Crippen molar-refractivity contribution in [2.45, 2.75) is 25.9 Å². The van der Waals surface area contributed by atoms with Crippen LogP contribution < -0.4 is 11.0 Å². The Hall–Kier alpha value is -2.18. The smallest absolute Gasteiger partial charge is 0.347 e. The number of aliphatic carboxylic acids is 1. The molecule has 0 aromatic carbocycles. The number of nitrogens with zero attached hydrogens (tertiary/aromatic N) is 2. The summed E-state index contributed by atoms with van der Waals surface area (Å²) in [5.74, 6) is -1.63. The minimum Gasteiger partial charge on any atom is -0.480 e. The van der Waals surface area contributed by atoms with Crippen LogP contribution in [-0.2, 0) is 16.1 Å². The second-order valence-electron chi connectivity index (χ2n) is 3.40. The van der Waals surface area contributed by atoms with Gasteiger partial charge in [-0.05, 0) is 12.5 Å². The summed E-state index contributed by atoms with van der Waals surface area (Å²) in [6.45, 7) is 1.41. The van der Waals surface area contributed by atoms with E-state index in [4.69, 9.17) is 5.11 Å². The van der Waals surface area contributed by atoms with Crippen LogP contribution in [0.1, 0.15) is 13.3 Å². The highest BCUT2D eigenvalue weighted by Gasteiger charge is 2.17.